The van der Waals surface area contributed by atoms with Crippen LogP contribution in [0.4, 0.5) is 0 Å². The molecule has 1 rings (SSSR count). The molecule has 0 fully saturated rings. The van der Waals surface area contributed by atoms with Crippen molar-refractivity contribution in [2.75, 3.05) is 5.75 Å². The number of aldehydes is 1. The van der Waals surface area contributed by atoms with Crippen molar-refractivity contribution in [1.29, 1.82) is 0 Å². The number of esters is 1. The quantitative estimate of drug-likeness (QED) is 0.424. The summed E-state index contributed by atoms with van der Waals surface area (Å²) in [7, 11) is 0. The van der Waals surface area contributed by atoms with Crippen LogP contribution in [0.1, 0.15) is 12.0 Å². The van der Waals surface area contributed by atoms with Crippen molar-refractivity contribution in [3.8, 4) is 0 Å². The SMILES string of the molecule is C=C(C=O)SCCC(=O)OCc1ccccc1. The van der Waals surface area contributed by atoms with Crippen molar-refractivity contribution < 1.29 is 14.3 Å². The summed E-state index contributed by atoms with van der Waals surface area (Å²) in [6, 6.07) is 9.50. The first kappa shape index (κ1) is 13.5. The van der Waals surface area contributed by atoms with Crippen LogP contribution in [0, 0.1) is 0 Å². The summed E-state index contributed by atoms with van der Waals surface area (Å²) in [5.41, 5.74) is 0.964. The molecule has 0 radical (unpaired) electrons. The van der Waals surface area contributed by atoms with Gasteiger partial charge in [-0.1, -0.05) is 36.9 Å². The highest BCUT2D eigenvalue weighted by molar-refractivity contribution is 8.03. The molecule has 0 unspecified atom stereocenters. The number of hydrogen-bond acceptors (Lipinski definition) is 4. The van der Waals surface area contributed by atoms with Gasteiger partial charge in [0.25, 0.3) is 0 Å². The van der Waals surface area contributed by atoms with Gasteiger partial charge in [0.1, 0.15) is 6.61 Å². The van der Waals surface area contributed by atoms with E-state index >= 15 is 0 Å². The molecule has 90 valence electrons. The number of rotatable bonds is 7. The molecule has 3 nitrogen and oxygen atoms in total. The van der Waals surface area contributed by atoms with E-state index in [1.165, 1.54) is 11.8 Å². The number of benzene rings is 1. The Morgan fingerprint density at radius 2 is 2.06 bits per heavy atom. The molecule has 17 heavy (non-hydrogen) atoms. The van der Waals surface area contributed by atoms with Crippen LogP contribution in [0.3, 0.4) is 0 Å². The van der Waals surface area contributed by atoms with E-state index < -0.39 is 0 Å². The van der Waals surface area contributed by atoms with Gasteiger partial charge < -0.3 is 4.74 Å². The normalized spacial score (nSPS) is 9.65. The maximum absolute atomic E-state index is 11.3. The molecule has 0 N–H and O–H groups in total. The van der Waals surface area contributed by atoms with Gasteiger partial charge in [0.2, 0.25) is 0 Å². The largest absolute Gasteiger partial charge is 0.461 e. The van der Waals surface area contributed by atoms with Crippen LogP contribution in [0.15, 0.2) is 41.8 Å². The minimum Gasteiger partial charge on any atom is -0.461 e. The number of thioether (sulfide) groups is 1. The van der Waals surface area contributed by atoms with E-state index in [1.807, 2.05) is 30.3 Å². The number of ether oxygens (including phenoxy) is 1. The number of carbonyl (C=O) groups is 2. The molecule has 1 aromatic rings. The Kier molecular flexibility index (Phi) is 6.10. The highest BCUT2D eigenvalue weighted by Gasteiger charge is 2.04. The molecule has 0 saturated carbocycles. The average Bonchev–Trinajstić information content (AvgIpc) is 2.37. The third-order valence-electron chi connectivity index (χ3n) is 1.97. The van der Waals surface area contributed by atoms with Crippen LogP contribution in [-0.2, 0) is 20.9 Å². The molecule has 0 heterocycles. The Balaban J connectivity index is 2.18. The molecule has 4 heteroatoms. The van der Waals surface area contributed by atoms with E-state index in [0.29, 0.717) is 23.6 Å². The van der Waals surface area contributed by atoms with E-state index in [9.17, 15) is 9.59 Å². The van der Waals surface area contributed by atoms with Crippen LogP contribution >= 0.6 is 11.8 Å². The molecule has 1 aromatic carbocycles. The Bertz CT molecular complexity index is 387. The topological polar surface area (TPSA) is 43.4 Å². The summed E-state index contributed by atoms with van der Waals surface area (Å²) in [5.74, 6) is 0.255. The van der Waals surface area contributed by atoms with Gasteiger partial charge in [-0.05, 0) is 5.56 Å². The first-order valence-corrected chi connectivity index (χ1v) is 6.17. The smallest absolute Gasteiger partial charge is 0.306 e. The van der Waals surface area contributed by atoms with Gasteiger partial charge in [-0.25, -0.2) is 0 Å². The predicted octanol–water partition coefficient (Wildman–Crippen LogP) is 2.57. The van der Waals surface area contributed by atoms with Gasteiger partial charge in [0.05, 0.1) is 6.42 Å². The van der Waals surface area contributed by atoms with Crippen molar-refractivity contribution in [3.05, 3.63) is 47.4 Å². The second-order valence-electron chi connectivity index (χ2n) is 3.33. The van der Waals surface area contributed by atoms with Gasteiger partial charge in [0, 0.05) is 10.7 Å². The fraction of sp³-hybridized carbons (Fsp3) is 0.231. The molecule has 0 aliphatic carbocycles. The summed E-state index contributed by atoms with van der Waals surface area (Å²) in [6.07, 6.45) is 0.963. The van der Waals surface area contributed by atoms with Crippen LogP contribution in [-0.4, -0.2) is 18.0 Å². The van der Waals surface area contributed by atoms with Gasteiger partial charge in [-0.3, -0.25) is 9.59 Å². The third kappa shape index (κ3) is 5.92. The molecule has 0 aliphatic rings. The maximum Gasteiger partial charge on any atom is 0.306 e. The minimum absolute atomic E-state index is 0.264. The summed E-state index contributed by atoms with van der Waals surface area (Å²) in [4.78, 5) is 22.0. The molecule has 0 saturated heterocycles. The third-order valence-corrected chi connectivity index (χ3v) is 2.84. The summed E-state index contributed by atoms with van der Waals surface area (Å²) in [5, 5.41) is 0. The lowest BCUT2D eigenvalue weighted by molar-refractivity contribution is -0.144. The van der Waals surface area contributed by atoms with Crippen molar-refractivity contribution >= 4 is 24.0 Å². The molecular weight excluding hydrogens is 236 g/mol. The Morgan fingerprint density at radius 3 is 2.71 bits per heavy atom. The van der Waals surface area contributed by atoms with Gasteiger partial charge in [0.15, 0.2) is 6.29 Å². The zero-order chi connectivity index (χ0) is 12.5. The average molecular weight is 250 g/mol. The molecule has 0 aliphatic heterocycles. The monoisotopic (exact) mass is 250 g/mol. The summed E-state index contributed by atoms with van der Waals surface area (Å²) in [6.45, 7) is 3.80. The predicted molar refractivity (Wildman–Crippen MR) is 68.5 cm³/mol. The lowest BCUT2D eigenvalue weighted by Gasteiger charge is -2.04. The van der Waals surface area contributed by atoms with E-state index in [-0.39, 0.29) is 12.4 Å². The highest BCUT2D eigenvalue weighted by Crippen LogP contribution is 2.12. The lowest BCUT2D eigenvalue weighted by Crippen LogP contribution is -2.05. The van der Waals surface area contributed by atoms with Gasteiger partial charge in [-0.2, -0.15) is 0 Å². The zero-order valence-corrected chi connectivity index (χ0v) is 10.2. The Hall–Kier alpha value is -1.55. The van der Waals surface area contributed by atoms with Crippen molar-refractivity contribution in [1.82, 2.24) is 0 Å². The van der Waals surface area contributed by atoms with Crippen LogP contribution in [0.25, 0.3) is 0 Å². The lowest BCUT2D eigenvalue weighted by atomic mass is 10.2. The van der Waals surface area contributed by atoms with Crippen LogP contribution in [0.2, 0.25) is 0 Å². The van der Waals surface area contributed by atoms with Crippen LogP contribution < -0.4 is 0 Å². The second-order valence-corrected chi connectivity index (χ2v) is 4.55. The summed E-state index contributed by atoms with van der Waals surface area (Å²) < 4.78 is 5.07. The fourth-order valence-corrected chi connectivity index (χ4v) is 1.71. The van der Waals surface area contributed by atoms with E-state index in [4.69, 9.17) is 4.74 Å². The second kappa shape index (κ2) is 7.68. The van der Waals surface area contributed by atoms with E-state index in [0.717, 1.165) is 5.56 Å². The molecule has 0 bridgehead atoms. The molecule has 0 aromatic heterocycles. The Morgan fingerprint density at radius 1 is 1.35 bits per heavy atom. The van der Waals surface area contributed by atoms with E-state index in [1.54, 1.807) is 0 Å². The number of allylic oxidation sites excluding steroid dienone is 1. The molecule has 0 amide bonds. The maximum atomic E-state index is 11.3. The number of hydrogen-bond donors (Lipinski definition) is 0. The van der Waals surface area contributed by atoms with Crippen molar-refractivity contribution in [2.45, 2.75) is 13.0 Å². The highest BCUT2D eigenvalue weighted by atomic mass is 32.2. The van der Waals surface area contributed by atoms with E-state index in [2.05, 4.69) is 6.58 Å². The van der Waals surface area contributed by atoms with Crippen LogP contribution in [0.5, 0.6) is 0 Å². The van der Waals surface area contributed by atoms with Crippen molar-refractivity contribution in [3.63, 3.8) is 0 Å². The minimum atomic E-state index is -0.264. The Labute approximate surface area is 105 Å². The number of carbonyl (C=O) groups excluding carboxylic acids is 2. The van der Waals surface area contributed by atoms with Gasteiger partial charge >= 0.3 is 5.97 Å². The zero-order valence-electron chi connectivity index (χ0n) is 9.43. The molecule has 0 atom stereocenters. The standard InChI is InChI=1S/C13H14O3S/c1-11(9-14)17-8-7-13(15)16-10-12-5-3-2-4-6-12/h2-6,9H,1,7-8,10H2. The molecule has 0 spiro atoms. The molecular formula is C13H14O3S. The van der Waals surface area contributed by atoms with Gasteiger partial charge in [-0.15, -0.1) is 11.8 Å². The summed E-state index contributed by atoms with van der Waals surface area (Å²) >= 11 is 1.26. The first-order chi connectivity index (χ1) is 8.22. The fourth-order valence-electron chi connectivity index (χ4n) is 1.11. The first-order valence-electron chi connectivity index (χ1n) is 5.19. The van der Waals surface area contributed by atoms with Crippen molar-refractivity contribution in [2.24, 2.45) is 0 Å².